The topological polar surface area (TPSA) is 34.1 Å². The van der Waals surface area contributed by atoms with Gasteiger partial charge < -0.3 is 0 Å². The third kappa shape index (κ3) is 3.33. The van der Waals surface area contributed by atoms with E-state index < -0.39 is 35.4 Å². The first kappa shape index (κ1) is 16.7. The van der Waals surface area contributed by atoms with E-state index in [-0.39, 0.29) is 5.57 Å². The number of hydrogen-bond donors (Lipinski definition) is 0. The minimum absolute atomic E-state index is 0.158. The van der Waals surface area contributed by atoms with Gasteiger partial charge in [-0.05, 0) is 26.3 Å². The Balaban J connectivity index is 5.35. The summed E-state index contributed by atoms with van der Waals surface area (Å²) < 4.78 is 74.5. The third-order valence-electron chi connectivity index (χ3n) is 2.25. The second-order valence-electron chi connectivity index (χ2n) is 3.81. The van der Waals surface area contributed by atoms with E-state index in [1.54, 1.807) is 0 Å². The second kappa shape index (κ2) is 5.11. The van der Waals surface area contributed by atoms with E-state index in [9.17, 15) is 35.9 Å². The fraction of sp³-hybridized carbons (Fsp3) is 0.600. The average Bonchev–Trinajstić information content (AvgIpc) is 2.23. The van der Waals surface area contributed by atoms with Gasteiger partial charge in [0.2, 0.25) is 5.78 Å². The Labute approximate surface area is 98.7 Å². The van der Waals surface area contributed by atoms with Crippen LogP contribution in [-0.4, -0.2) is 29.8 Å². The van der Waals surface area contributed by atoms with Gasteiger partial charge in [-0.2, -0.15) is 22.0 Å². The Kier molecular flexibility index (Phi) is 4.73. The van der Waals surface area contributed by atoms with E-state index in [0.717, 1.165) is 6.92 Å². The Hall–Kier alpha value is -1.34. The number of ketones is 2. The van der Waals surface area contributed by atoms with Crippen molar-refractivity contribution in [3.63, 3.8) is 0 Å². The molecule has 1 unspecified atom stereocenters. The summed E-state index contributed by atoms with van der Waals surface area (Å²) in [6, 6.07) is 0. The summed E-state index contributed by atoms with van der Waals surface area (Å²) in [5, 5.41) is 0. The number of Topliss-reactive ketones (excluding diaryl/α,β-unsaturated/α-hetero) is 2. The molecule has 0 fully saturated rings. The number of allylic oxidation sites excluding steroid dienone is 2. The lowest BCUT2D eigenvalue weighted by atomic mass is 9.98. The molecule has 0 rings (SSSR count). The van der Waals surface area contributed by atoms with E-state index >= 15 is 0 Å². The van der Waals surface area contributed by atoms with Crippen LogP contribution >= 0.6 is 0 Å². The molecule has 0 spiro atoms. The van der Waals surface area contributed by atoms with Gasteiger partial charge in [0.05, 0.1) is 0 Å². The molecule has 0 N–H and O–H groups in total. The maximum Gasteiger partial charge on any atom is 0.456 e. The first-order chi connectivity index (χ1) is 7.83. The molecule has 0 heterocycles. The fourth-order valence-corrected chi connectivity index (χ4v) is 0.899. The smallest absolute Gasteiger partial charge is 0.289 e. The molecule has 0 bridgehead atoms. The average molecular weight is 276 g/mol. The Morgan fingerprint density at radius 1 is 0.944 bits per heavy atom. The summed E-state index contributed by atoms with van der Waals surface area (Å²) in [4.78, 5) is 21.3. The summed E-state index contributed by atoms with van der Waals surface area (Å²) >= 11 is 0. The van der Waals surface area contributed by atoms with Crippen molar-refractivity contribution >= 4 is 11.6 Å². The molecule has 0 aromatic rings. The normalized spacial score (nSPS) is 14.1. The lowest BCUT2D eigenvalue weighted by molar-refractivity contribution is -0.197. The summed E-state index contributed by atoms with van der Waals surface area (Å²) in [6.07, 6.45) is -8.85. The number of rotatable bonds is 4. The molecule has 0 saturated heterocycles. The van der Waals surface area contributed by atoms with Crippen molar-refractivity contribution in [1.82, 2.24) is 0 Å². The van der Waals surface area contributed by atoms with Crippen LogP contribution in [0.3, 0.4) is 0 Å². The van der Waals surface area contributed by atoms with Crippen LogP contribution < -0.4 is 0 Å². The maximum atomic E-state index is 13.3. The molecule has 0 aromatic carbocycles. The van der Waals surface area contributed by atoms with E-state index in [1.165, 1.54) is 13.8 Å². The number of alkyl halides is 6. The zero-order valence-corrected chi connectivity index (χ0v) is 9.66. The maximum absolute atomic E-state index is 13.3. The van der Waals surface area contributed by atoms with Gasteiger partial charge in [-0.15, -0.1) is 0 Å². The molecule has 0 aliphatic rings. The van der Waals surface area contributed by atoms with Gasteiger partial charge >= 0.3 is 17.9 Å². The van der Waals surface area contributed by atoms with Crippen LogP contribution in [0.2, 0.25) is 0 Å². The van der Waals surface area contributed by atoms with Gasteiger partial charge in [-0.25, -0.2) is 4.39 Å². The summed E-state index contributed by atoms with van der Waals surface area (Å²) in [5.74, 6) is -11.7. The molecule has 0 aromatic heterocycles. The minimum Gasteiger partial charge on any atom is -0.289 e. The van der Waals surface area contributed by atoms with Gasteiger partial charge in [0.1, 0.15) is 0 Å². The van der Waals surface area contributed by atoms with Crippen LogP contribution in [0.5, 0.6) is 0 Å². The van der Waals surface area contributed by atoms with Crippen LogP contribution in [0.15, 0.2) is 11.1 Å². The highest BCUT2D eigenvalue weighted by molar-refractivity contribution is 6.13. The molecule has 18 heavy (non-hydrogen) atoms. The van der Waals surface area contributed by atoms with E-state index in [2.05, 4.69) is 0 Å². The van der Waals surface area contributed by atoms with Crippen molar-refractivity contribution in [2.75, 3.05) is 0 Å². The quantitative estimate of drug-likeness (QED) is 0.449. The monoisotopic (exact) mass is 276 g/mol. The van der Waals surface area contributed by atoms with Crippen LogP contribution in [0.25, 0.3) is 0 Å². The van der Waals surface area contributed by atoms with Crippen LogP contribution in [0.4, 0.5) is 26.3 Å². The molecule has 0 aliphatic carbocycles. The molecular formula is C10H10F6O2. The van der Waals surface area contributed by atoms with Crippen molar-refractivity contribution in [2.24, 2.45) is 0 Å². The Morgan fingerprint density at radius 3 is 1.61 bits per heavy atom. The van der Waals surface area contributed by atoms with E-state index in [1.807, 2.05) is 0 Å². The van der Waals surface area contributed by atoms with E-state index in [0.29, 0.717) is 0 Å². The number of carbonyl (C=O) groups is 2. The molecule has 8 heteroatoms. The van der Waals surface area contributed by atoms with Crippen LogP contribution in [0, 0.1) is 0 Å². The van der Waals surface area contributed by atoms with Gasteiger partial charge in [-0.1, -0.05) is 5.57 Å². The highest BCUT2D eigenvalue weighted by atomic mass is 19.4. The standard InChI is InChI=1S/C10H10F6O2/c1-4(2)5(3)6(11)7(17)9(12,13)8(18)10(14,15)16/h6H,1-3H3. The highest BCUT2D eigenvalue weighted by Crippen LogP contribution is 2.31. The fourth-order valence-electron chi connectivity index (χ4n) is 0.899. The minimum atomic E-state index is -5.91. The summed E-state index contributed by atoms with van der Waals surface area (Å²) in [5.41, 5.74) is -0.291. The molecule has 1 atom stereocenters. The molecule has 104 valence electrons. The SMILES string of the molecule is CC(C)=C(C)C(F)C(=O)C(F)(F)C(=O)C(F)(F)F. The predicted octanol–water partition coefficient (Wildman–Crippen LogP) is 3.02. The molecule has 0 radical (unpaired) electrons. The zero-order valence-electron chi connectivity index (χ0n) is 9.66. The lowest BCUT2D eigenvalue weighted by Gasteiger charge is -2.18. The number of hydrogen-bond acceptors (Lipinski definition) is 2. The van der Waals surface area contributed by atoms with Crippen LogP contribution in [-0.2, 0) is 9.59 Å². The Bertz CT molecular complexity index is 390. The largest absolute Gasteiger partial charge is 0.456 e. The lowest BCUT2D eigenvalue weighted by Crippen LogP contribution is -2.49. The molecule has 0 saturated carbocycles. The first-order valence-corrected chi connectivity index (χ1v) is 4.65. The summed E-state index contributed by atoms with van der Waals surface area (Å²) in [7, 11) is 0. The Morgan fingerprint density at radius 2 is 1.33 bits per heavy atom. The van der Waals surface area contributed by atoms with Crippen molar-refractivity contribution in [3.05, 3.63) is 11.1 Å². The van der Waals surface area contributed by atoms with Gasteiger partial charge in [0.15, 0.2) is 6.17 Å². The zero-order chi connectivity index (χ0) is 14.9. The van der Waals surface area contributed by atoms with Gasteiger partial charge in [0.25, 0.3) is 0 Å². The highest BCUT2D eigenvalue weighted by Gasteiger charge is 2.61. The first-order valence-electron chi connectivity index (χ1n) is 4.65. The van der Waals surface area contributed by atoms with Crippen molar-refractivity contribution in [1.29, 1.82) is 0 Å². The molecule has 0 amide bonds. The number of carbonyl (C=O) groups excluding carboxylic acids is 2. The molecule has 0 aliphatic heterocycles. The van der Waals surface area contributed by atoms with Crippen molar-refractivity contribution < 1.29 is 35.9 Å². The molecule has 2 nitrogen and oxygen atoms in total. The van der Waals surface area contributed by atoms with Crippen LogP contribution in [0.1, 0.15) is 20.8 Å². The molecular weight excluding hydrogens is 266 g/mol. The van der Waals surface area contributed by atoms with Gasteiger partial charge in [-0.3, -0.25) is 9.59 Å². The van der Waals surface area contributed by atoms with Gasteiger partial charge in [0, 0.05) is 0 Å². The van der Waals surface area contributed by atoms with Crippen molar-refractivity contribution in [2.45, 2.75) is 39.0 Å². The predicted molar refractivity (Wildman–Crippen MR) is 50.0 cm³/mol. The van der Waals surface area contributed by atoms with E-state index in [4.69, 9.17) is 0 Å². The second-order valence-corrected chi connectivity index (χ2v) is 3.81. The number of halogens is 6. The third-order valence-corrected chi connectivity index (χ3v) is 2.25. The summed E-state index contributed by atoms with van der Waals surface area (Å²) in [6.45, 7) is 3.56. The van der Waals surface area contributed by atoms with Crippen molar-refractivity contribution in [3.8, 4) is 0 Å².